The van der Waals surface area contributed by atoms with Crippen LogP contribution in [0.2, 0.25) is 0 Å². The summed E-state index contributed by atoms with van der Waals surface area (Å²) in [5, 5.41) is 0. The fourth-order valence-electron chi connectivity index (χ4n) is 5.61. The number of nitrogens with zero attached hydrogens (tertiary/aromatic N) is 1. The predicted octanol–water partition coefficient (Wildman–Crippen LogP) is 4.27. The Hall–Kier alpha value is -2.36. The maximum Gasteiger partial charge on any atom is 0.238 e. The van der Waals surface area contributed by atoms with Gasteiger partial charge in [0, 0.05) is 11.8 Å². The zero-order valence-corrected chi connectivity index (χ0v) is 15.7. The topological polar surface area (TPSA) is 46.6 Å². The van der Waals surface area contributed by atoms with Gasteiger partial charge in [0.05, 0.1) is 24.1 Å². The van der Waals surface area contributed by atoms with Gasteiger partial charge in [-0.05, 0) is 56.9 Å². The van der Waals surface area contributed by atoms with Crippen LogP contribution in [0.3, 0.4) is 0 Å². The molecule has 2 amide bonds. The molecule has 1 saturated heterocycles. The Balaban J connectivity index is 1.46. The Bertz CT molecular complexity index is 809. The Morgan fingerprint density at radius 2 is 1.52 bits per heavy atom. The highest BCUT2D eigenvalue weighted by atomic mass is 16.5. The van der Waals surface area contributed by atoms with E-state index in [1.54, 1.807) is 0 Å². The monoisotopic (exact) mass is 363 g/mol. The molecule has 1 heterocycles. The van der Waals surface area contributed by atoms with Crippen molar-refractivity contribution in [3.05, 3.63) is 47.6 Å². The SMILES string of the molecule is CCOc1ccc(N2C(=O)C3C4C=CC(C4=C4CCCCC4)C3C2=O)cc1. The third-order valence-electron chi connectivity index (χ3n) is 6.69. The zero-order valence-electron chi connectivity index (χ0n) is 15.7. The van der Waals surface area contributed by atoms with E-state index in [-0.39, 0.29) is 35.5 Å². The van der Waals surface area contributed by atoms with E-state index in [4.69, 9.17) is 4.74 Å². The minimum absolute atomic E-state index is 0.0279. The lowest BCUT2D eigenvalue weighted by Gasteiger charge is -2.23. The number of imide groups is 1. The first-order chi connectivity index (χ1) is 13.2. The van der Waals surface area contributed by atoms with Crippen molar-refractivity contribution in [2.75, 3.05) is 11.5 Å². The maximum atomic E-state index is 13.2. The van der Waals surface area contributed by atoms with Crippen molar-refractivity contribution in [2.24, 2.45) is 23.7 Å². The van der Waals surface area contributed by atoms with E-state index >= 15 is 0 Å². The summed E-state index contributed by atoms with van der Waals surface area (Å²) in [6.07, 6.45) is 10.5. The lowest BCUT2D eigenvalue weighted by atomic mass is 9.85. The molecule has 1 aromatic carbocycles. The van der Waals surface area contributed by atoms with E-state index in [1.165, 1.54) is 35.3 Å². The van der Waals surface area contributed by atoms with Crippen molar-refractivity contribution in [3.8, 4) is 5.75 Å². The van der Waals surface area contributed by atoms with Gasteiger partial charge in [-0.25, -0.2) is 4.90 Å². The van der Waals surface area contributed by atoms with Gasteiger partial charge in [0.15, 0.2) is 0 Å². The molecule has 0 aromatic heterocycles. The van der Waals surface area contributed by atoms with Crippen molar-refractivity contribution in [1.82, 2.24) is 0 Å². The highest BCUT2D eigenvalue weighted by molar-refractivity contribution is 6.23. The van der Waals surface area contributed by atoms with Crippen molar-refractivity contribution in [3.63, 3.8) is 0 Å². The van der Waals surface area contributed by atoms with E-state index in [0.717, 1.165) is 18.6 Å². The molecule has 5 rings (SSSR count). The van der Waals surface area contributed by atoms with Crippen LogP contribution in [0.1, 0.15) is 39.0 Å². The summed E-state index contributed by atoms with van der Waals surface area (Å²) >= 11 is 0. The molecule has 2 saturated carbocycles. The van der Waals surface area contributed by atoms with Crippen LogP contribution in [0, 0.1) is 23.7 Å². The summed E-state index contributed by atoms with van der Waals surface area (Å²) in [6, 6.07) is 7.29. The largest absolute Gasteiger partial charge is 0.494 e. The van der Waals surface area contributed by atoms with Crippen molar-refractivity contribution in [2.45, 2.75) is 39.0 Å². The number of ether oxygens (including phenoxy) is 1. The number of amides is 2. The second-order valence-electron chi connectivity index (χ2n) is 8.05. The molecule has 4 atom stereocenters. The molecule has 1 aliphatic heterocycles. The first-order valence-electron chi connectivity index (χ1n) is 10.2. The number of anilines is 1. The van der Waals surface area contributed by atoms with Crippen molar-refractivity contribution >= 4 is 17.5 Å². The lowest BCUT2D eigenvalue weighted by molar-refractivity contribution is -0.122. The molecular weight excluding hydrogens is 338 g/mol. The van der Waals surface area contributed by atoms with Crippen molar-refractivity contribution < 1.29 is 14.3 Å². The van der Waals surface area contributed by atoms with Crippen LogP contribution in [0.5, 0.6) is 5.75 Å². The average Bonchev–Trinajstić information content (AvgIpc) is 3.33. The molecule has 2 bridgehead atoms. The number of hydrogen-bond acceptors (Lipinski definition) is 3. The van der Waals surface area contributed by atoms with Gasteiger partial charge in [-0.1, -0.05) is 29.7 Å². The van der Waals surface area contributed by atoms with Crippen LogP contribution >= 0.6 is 0 Å². The summed E-state index contributed by atoms with van der Waals surface area (Å²) in [5.74, 6) is 0.563. The average molecular weight is 363 g/mol. The Morgan fingerprint density at radius 1 is 0.926 bits per heavy atom. The lowest BCUT2D eigenvalue weighted by Crippen LogP contribution is -2.33. The van der Waals surface area contributed by atoms with Gasteiger partial charge in [0.2, 0.25) is 11.8 Å². The first kappa shape index (κ1) is 16.8. The number of rotatable bonds is 3. The van der Waals surface area contributed by atoms with E-state index < -0.39 is 0 Å². The van der Waals surface area contributed by atoms with Crippen LogP contribution in [0.25, 0.3) is 0 Å². The minimum Gasteiger partial charge on any atom is -0.494 e. The molecular formula is C23H25NO3. The molecule has 3 fully saturated rings. The van der Waals surface area contributed by atoms with Crippen molar-refractivity contribution in [1.29, 1.82) is 0 Å². The van der Waals surface area contributed by atoms with Gasteiger partial charge < -0.3 is 4.74 Å². The standard InChI is InChI=1S/C23H25NO3/c1-2-27-16-10-8-15(9-11-16)24-22(25)20-17-12-13-18(21(20)23(24)26)19(17)14-6-4-3-5-7-14/h8-13,17-18,20-21H,2-7H2,1H3. The molecule has 4 heteroatoms. The second-order valence-corrected chi connectivity index (χ2v) is 8.05. The van der Waals surface area contributed by atoms with Crippen LogP contribution in [0.4, 0.5) is 5.69 Å². The summed E-state index contributed by atoms with van der Waals surface area (Å²) in [7, 11) is 0. The smallest absolute Gasteiger partial charge is 0.238 e. The van der Waals surface area contributed by atoms with Gasteiger partial charge >= 0.3 is 0 Å². The molecule has 0 radical (unpaired) electrons. The predicted molar refractivity (Wildman–Crippen MR) is 103 cm³/mol. The van der Waals surface area contributed by atoms with Gasteiger partial charge in [-0.3, -0.25) is 9.59 Å². The molecule has 3 aliphatic carbocycles. The molecule has 4 nitrogen and oxygen atoms in total. The van der Waals surface area contributed by atoms with Crippen LogP contribution in [-0.2, 0) is 9.59 Å². The first-order valence-corrected chi connectivity index (χ1v) is 10.2. The van der Waals surface area contributed by atoms with Gasteiger partial charge in [0.1, 0.15) is 5.75 Å². The maximum absolute atomic E-state index is 13.2. The molecule has 140 valence electrons. The summed E-state index contributed by atoms with van der Waals surface area (Å²) in [5.41, 5.74) is 3.61. The fraction of sp³-hybridized carbons (Fsp3) is 0.478. The Morgan fingerprint density at radius 3 is 2.07 bits per heavy atom. The number of fused-ring (bicyclic) bond motifs is 5. The fourth-order valence-corrected chi connectivity index (χ4v) is 5.61. The van der Waals surface area contributed by atoms with E-state index in [0.29, 0.717) is 12.3 Å². The molecule has 1 aromatic rings. The second kappa shape index (κ2) is 6.36. The molecule has 0 N–H and O–H groups in total. The molecule has 27 heavy (non-hydrogen) atoms. The third-order valence-corrected chi connectivity index (χ3v) is 6.69. The van der Waals surface area contributed by atoms with Crippen LogP contribution in [0.15, 0.2) is 47.6 Å². The number of hydrogen-bond donors (Lipinski definition) is 0. The van der Waals surface area contributed by atoms with Gasteiger partial charge in [0.25, 0.3) is 0 Å². The van der Waals surface area contributed by atoms with E-state index in [9.17, 15) is 9.59 Å². The summed E-state index contributed by atoms with van der Waals surface area (Å²) in [6.45, 7) is 2.53. The summed E-state index contributed by atoms with van der Waals surface area (Å²) in [4.78, 5) is 27.9. The normalized spacial score (nSPS) is 31.8. The number of carbonyl (C=O) groups is 2. The van der Waals surface area contributed by atoms with Crippen LogP contribution in [-0.4, -0.2) is 18.4 Å². The van der Waals surface area contributed by atoms with Gasteiger partial charge in [-0.2, -0.15) is 0 Å². The third kappa shape index (κ3) is 2.42. The van der Waals surface area contributed by atoms with E-state index in [2.05, 4.69) is 12.2 Å². The highest BCUT2D eigenvalue weighted by Crippen LogP contribution is 2.58. The Labute approximate surface area is 159 Å². The zero-order chi connectivity index (χ0) is 18.5. The Kier molecular flexibility index (Phi) is 3.96. The minimum atomic E-state index is -0.205. The summed E-state index contributed by atoms with van der Waals surface area (Å²) < 4.78 is 5.47. The van der Waals surface area contributed by atoms with Gasteiger partial charge in [-0.15, -0.1) is 0 Å². The molecule has 4 aliphatic rings. The van der Waals surface area contributed by atoms with Crippen LogP contribution < -0.4 is 9.64 Å². The van der Waals surface area contributed by atoms with E-state index in [1.807, 2.05) is 31.2 Å². The quantitative estimate of drug-likeness (QED) is 0.595. The number of benzene rings is 1. The number of carbonyl (C=O) groups excluding carboxylic acids is 2. The molecule has 4 unspecified atom stereocenters. The highest BCUT2D eigenvalue weighted by Gasteiger charge is 2.62. The molecule has 0 spiro atoms. The number of allylic oxidation sites excluding steroid dienone is 4.